The highest BCUT2D eigenvalue weighted by Gasteiger charge is 2.14. The van der Waals surface area contributed by atoms with Gasteiger partial charge in [-0.25, -0.2) is 4.98 Å². The summed E-state index contributed by atoms with van der Waals surface area (Å²) in [5.41, 5.74) is 2.27. The Balaban J connectivity index is 2.17. The second-order valence-electron chi connectivity index (χ2n) is 4.78. The molecule has 0 spiro atoms. The second-order valence-corrected chi connectivity index (χ2v) is 6.69. The van der Waals surface area contributed by atoms with Crippen LogP contribution in [0.5, 0.6) is 0 Å². The summed E-state index contributed by atoms with van der Waals surface area (Å²) in [6, 6.07) is 8.27. The zero-order chi connectivity index (χ0) is 15.2. The normalized spacial score (nSPS) is 10.9. The van der Waals surface area contributed by atoms with E-state index < -0.39 is 0 Å². The highest BCUT2D eigenvalue weighted by Crippen LogP contribution is 2.28. The quantitative estimate of drug-likeness (QED) is 0.811. The Bertz CT molecular complexity index is 565. The number of hydrogen-bond donors (Lipinski definition) is 1. The molecule has 0 bridgehead atoms. The maximum absolute atomic E-state index is 5.24. The second kappa shape index (κ2) is 7.89. The maximum Gasteiger partial charge on any atom is 0.185 e. The molecule has 0 fully saturated rings. The van der Waals surface area contributed by atoms with Gasteiger partial charge in [0.1, 0.15) is 0 Å². The monoisotopic (exact) mass is 369 g/mol. The number of thiazole rings is 1. The summed E-state index contributed by atoms with van der Waals surface area (Å²) in [4.78, 5) is 8.11. The van der Waals surface area contributed by atoms with Gasteiger partial charge in [0, 0.05) is 36.6 Å². The number of anilines is 1. The van der Waals surface area contributed by atoms with Crippen molar-refractivity contribution in [2.45, 2.75) is 19.7 Å². The summed E-state index contributed by atoms with van der Waals surface area (Å²) < 4.78 is 6.36. The van der Waals surface area contributed by atoms with Gasteiger partial charge in [-0.15, -0.1) is 11.3 Å². The molecule has 6 heteroatoms. The van der Waals surface area contributed by atoms with Crippen LogP contribution in [-0.4, -0.2) is 26.2 Å². The highest BCUT2D eigenvalue weighted by molar-refractivity contribution is 9.10. The van der Waals surface area contributed by atoms with E-state index in [1.165, 1.54) is 10.4 Å². The van der Waals surface area contributed by atoms with Gasteiger partial charge in [-0.3, -0.25) is 0 Å². The summed E-state index contributed by atoms with van der Waals surface area (Å²) >= 11 is 5.31. The molecule has 0 saturated heterocycles. The lowest BCUT2D eigenvalue weighted by atomic mass is 10.2. The number of hydrogen-bond acceptors (Lipinski definition) is 5. The van der Waals surface area contributed by atoms with E-state index >= 15 is 0 Å². The van der Waals surface area contributed by atoms with Gasteiger partial charge in [0.15, 0.2) is 5.13 Å². The summed E-state index contributed by atoms with van der Waals surface area (Å²) in [5, 5.41) is 4.20. The molecule has 0 aliphatic carbocycles. The van der Waals surface area contributed by atoms with E-state index in [1.54, 1.807) is 18.4 Å². The third kappa shape index (κ3) is 4.26. The molecule has 0 amide bonds. The fraction of sp³-hybridized carbons (Fsp3) is 0.400. The zero-order valence-electron chi connectivity index (χ0n) is 12.5. The van der Waals surface area contributed by atoms with E-state index in [4.69, 9.17) is 9.72 Å². The average molecular weight is 370 g/mol. The molecule has 21 heavy (non-hydrogen) atoms. The van der Waals surface area contributed by atoms with Gasteiger partial charge >= 0.3 is 0 Å². The third-order valence-corrected chi connectivity index (χ3v) is 5.06. The maximum atomic E-state index is 5.24. The van der Waals surface area contributed by atoms with E-state index in [-0.39, 0.29) is 0 Å². The van der Waals surface area contributed by atoms with Crippen molar-refractivity contribution in [1.82, 2.24) is 10.3 Å². The smallest absolute Gasteiger partial charge is 0.185 e. The van der Waals surface area contributed by atoms with Crippen LogP contribution in [0.15, 0.2) is 28.7 Å². The summed E-state index contributed by atoms with van der Waals surface area (Å²) in [7, 11) is 5.71. The fourth-order valence-corrected chi connectivity index (χ4v) is 3.48. The molecular formula is C15H20BrN3OS. The SMILES string of the molecule is CNCc1sc(N(C)Cc2ccccc2Br)nc1COC. The molecule has 0 aliphatic rings. The third-order valence-electron chi connectivity index (χ3n) is 3.08. The Morgan fingerprint density at radius 1 is 1.38 bits per heavy atom. The number of ether oxygens (including phenoxy) is 1. The van der Waals surface area contributed by atoms with Gasteiger partial charge in [-0.1, -0.05) is 34.1 Å². The van der Waals surface area contributed by atoms with Gasteiger partial charge in [-0.2, -0.15) is 0 Å². The van der Waals surface area contributed by atoms with Gasteiger partial charge in [0.25, 0.3) is 0 Å². The number of nitrogens with one attached hydrogen (secondary N) is 1. The van der Waals surface area contributed by atoms with Crippen molar-refractivity contribution in [3.05, 3.63) is 44.9 Å². The topological polar surface area (TPSA) is 37.4 Å². The predicted molar refractivity (Wildman–Crippen MR) is 91.8 cm³/mol. The number of aromatic nitrogens is 1. The van der Waals surface area contributed by atoms with Gasteiger partial charge in [0.05, 0.1) is 12.3 Å². The van der Waals surface area contributed by atoms with Crippen LogP contribution in [0.3, 0.4) is 0 Å². The number of benzene rings is 1. The molecule has 0 unspecified atom stereocenters. The standard InChI is InChI=1S/C15H20BrN3OS/c1-17-8-14-13(10-20-3)18-15(21-14)19(2)9-11-6-4-5-7-12(11)16/h4-7,17H,8-10H2,1-3H3. The van der Waals surface area contributed by atoms with E-state index in [0.717, 1.165) is 28.4 Å². The van der Waals surface area contributed by atoms with Crippen LogP contribution in [0.4, 0.5) is 5.13 Å². The largest absolute Gasteiger partial charge is 0.378 e. The van der Waals surface area contributed by atoms with Crippen molar-refractivity contribution in [3.63, 3.8) is 0 Å². The van der Waals surface area contributed by atoms with Gasteiger partial charge < -0.3 is 15.0 Å². The lowest BCUT2D eigenvalue weighted by Gasteiger charge is -2.16. The first-order valence-electron chi connectivity index (χ1n) is 6.72. The van der Waals surface area contributed by atoms with Crippen LogP contribution in [0.1, 0.15) is 16.1 Å². The molecule has 2 aromatic rings. The average Bonchev–Trinajstić information content (AvgIpc) is 2.86. The number of rotatable bonds is 7. The summed E-state index contributed by atoms with van der Waals surface area (Å²) in [6.07, 6.45) is 0. The Labute approximate surface area is 138 Å². The molecule has 4 nitrogen and oxygen atoms in total. The van der Waals surface area contributed by atoms with Crippen molar-refractivity contribution in [2.24, 2.45) is 0 Å². The van der Waals surface area contributed by atoms with Crippen molar-refractivity contribution < 1.29 is 4.74 Å². The van der Waals surface area contributed by atoms with E-state index in [2.05, 4.69) is 51.4 Å². The summed E-state index contributed by atoms with van der Waals surface area (Å²) in [5.74, 6) is 0. The lowest BCUT2D eigenvalue weighted by molar-refractivity contribution is 0.181. The van der Waals surface area contributed by atoms with Crippen LogP contribution < -0.4 is 10.2 Å². The Morgan fingerprint density at radius 3 is 2.81 bits per heavy atom. The molecular weight excluding hydrogens is 350 g/mol. The molecule has 1 heterocycles. The van der Waals surface area contributed by atoms with Crippen LogP contribution in [0, 0.1) is 0 Å². The molecule has 0 radical (unpaired) electrons. The molecule has 0 atom stereocenters. The fourth-order valence-electron chi connectivity index (χ4n) is 2.03. The molecule has 1 aromatic carbocycles. The van der Waals surface area contributed by atoms with E-state index in [9.17, 15) is 0 Å². The number of halogens is 1. The molecule has 114 valence electrons. The summed E-state index contributed by atoms with van der Waals surface area (Å²) in [6.45, 7) is 2.19. The van der Waals surface area contributed by atoms with E-state index in [0.29, 0.717) is 6.61 Å². The van der Waals surface area contributed by atoms with E-state index in [1.807, 2.05) is 13.1 Å². The number of methoxy groups -OCH3 is 1. The first kappa shape index (κ1) is 16.4. The van der Waals surface area contributed by atoms with Crippen LogP contribution >= 0.6 is 27.3 Å². The first-order chi connectivity index (χ1) is 10.2. The molecule has 0 aliphatic heterocycles. The molecule has 0 saturated carbocycles. The Morgan fingerprint density at radius 2 is 2.14 bits per heavy atom. The van der Waals surface area contributed by atoms with Gasteiger partial charge in [0.2, 0.25) is 0 Å². The Kier molecular flexibility index (Phi) is 6.17. The molecule has 2 rings (SSSR count). The number of nitrogens with zero attached hydrogens (tertiary/aromatic N) is 2. The Hall–Kier alpha value is -0.950. The highest BCUT2D eigenvalue weighted by atomic mass is 79.9. The van der Waals surface area contributed by atoms with Gasteiger partial charge in [-0.05, 0) is 18.7 Å². The first-order valence-corrected chi connectivity index (χ1v) is 8.33. The van der Waals surface area contributed by atoms with Crippen LogP contribution in [0.2, 0.25) is 0 Å². The minimum absolute atomic E-state index is 0.552. The zero-order valence-corrected chi connectivity index (χ0v) is 14.9. The lowest BCUT2D eigenvalue weighted by Crippen LogP contribution is -2.16. The van der Waals surface area contributed by atoms with Crippen LogP contribution in [0.25, 0.3) is 0 Å². The van der Waals surface area contributed by atoms with Crippen molar-refractivity contribution in [3.8, 4) is 0 Å². The molecule has 1 N–H and O–H groups in total. The van der Waals surface area contributed by atoms with Crippen LogP contribution in [-0.2, 0) is 24.4 Å². The predicted octanol–water partition coefficient (Wildman–Crippen LogP) is 3.41. The minimum atomic E-state index is 0.552. The molecule has 1 aromatic heterocycles. The van der Waals surface area contributed by atoms with Crippen molar-refractivity contribution in [1.29, 1.82) is 0 Å². The minimum Gasteiger partial charge on any atom is -0.378 e. The van der Waals surface area contributed by atoms with Crippen molar-refractivity contribution in [2.75, 3.05) is 26.1 Å². The van der Waals surface area contributed by atoms with Crippen molar-refractivity contribution >= 4 is 32.4 Å².